The molecule has 1 atom stereocenters. The van der Waals surface area contributed by atoms with Crippen molar-refractivity contribution >= 4 is 11.9 Å². The Kier molecular flexibility index (Phi) is 5.15. The lowest BCUT2D eigenvalue weighted by atomic mass is 10.0. The Hall–Kier alpha value is -1.32. The van der Waals surface area contributed by atoms with Gasteiger partial charge in [0.2, 0.25) is 5.91 Å². The maximum Gasteiger partial charge on any atom is 0.329 e. The Morgan fingerprint density at radius 1 is 1.21 bits per heavy atom. The van der Waals surface area contributed by atoms with Crippen LogP contribution in [0.2, 0.25) is 0 Å². The number of nitrogens with one attached hydrogen (secondary N) is 1. The zero-order valence-electron chi connectivity index (χ0n) is 12.5. The molecule has 0 aliphatic heterocycles. The van der Waals surface area contributed by atoms with E-state index in [1.54, 1.807) is 0 Å². The second-order valence-electron chi connectivity index (χ2n) is 6.40. The van der Waals surface area contributed by atoms with Crippen LogP contribution < -0.4 is 5.32 Å². The number of allylic oxidation sites excluding steroid dienone is 2. The summed E-state index contributed by atoms with van der Waals surface area (Å²) in [6.07, 6.45) is 5.51. The van der Waals surface area contributed by atoms with Gasteiger partial charge in [0.15, 0.2) is 0 Å². The third kappa shape index (κ3) is 5.05. The molecule has 1 aliphatic carbocycles. The average Bonchev–Trinajstić information content (AvgIpc) is 2.75. The molecule has 1 amide bonds. The lowest BCUT2D eigenvalue weighted by Gasteiger charge is -2.27. The molecule has 19 heavy (non-hydrogen) atoms. The van der Waals surface area contributed by atoms with Crippen molar-refractivity contribution in [3.8, 4) is 0 Å². The van der Waals surface area contributed by atoms with Gasteiger partial charge in [0.1, 0.15) is 11.6 Å². The van der Waals surface area contributed by atoms with Crippen molar-refractivity contribution in [3.05, 3.63) is 12.2 Å². The summed E-state index contributed by atoms with van der Waals surface area (Å²) in [5.41, 5.74) is -0.538. The van der Waals surface area contributed by atoms with Crippen LogP contribution >= 0.6 is 0 Å². The molecule has 0 heterocycles. The fourth-order valence-electron chi connectivity index (χ4n) is 1.97. The van der Waals surface area contributed by atoms with Gasteiger partial charge < -0.3 is 10.1 Å². The Labute approximate surface area is 115 Å². The smallest absolute Gasteiger partial charge is 0.329 e. The first-order valence-corrected chi connectivity index (χ1v) is 6.89. The van der Waals surface area contributed by atoms with Crippen LogP contribution in [0.1, 0.15) is 47.5 Å². The standard InChI is InChI=1S/C15H25NO3/c1-10(2)12(14(18)19-15(3,4)5)16-13(17)11-8-6-7-9-11/h6-7,10-12H,8-9H2,1-5H3,(H,16,17)/t12-/m1/s1. The number of esters is 1. The number of hydrogen-bond donors (Lipinski definition) is 1. The van der Waals surface area contributed by atoms with E-state index in [4.69, 9.17) is 4.74 Å². The van der Waals surface area contributed by atoms with Gasteiger partial charge in [-0.3, -0.25) is 4.79 Å². The Morgan fingerprint density at radius 2 is 1.74 bits per heavy atom. The van der Waals surface area contributed by atoms with Crippen LogP contribution in [0.25, 0.3) is 0 Å². The van der Waals surface area contributed by atoms with E-state index in [1.807, 2.05) is 46.8 Å². The summed E-state index contributed by atoms with van der Waals surface area (Å²) >= 11 is 0. The van der Waals surface area contributed by atoms with Crippen molar-refractivity contribution in [2.24, 2.45) is 11.8 Å². The van der Waals surface area contributed by atoms with Crippen molar-refractivity contribution in [1.82, 2.24) is 5.32 Å². The normalized spacial score (nSPS) is 17.6. The first kappa shape index (κ1) is 15.7. The molecule has 4 heteroatoms. The van der Waals surface area contributed by atoms with Gasteiger partial charge in [0.25, 0.3) is 0 Å². The second kappa shape index (κ2) is 6.22. The molecular formula is C15H25NO3. The molecule has 0 spiro atoms. The van der Waals surface area contributed by atoms with Gasteiger partial charge in [-0.05, 0) is 39.5 Å². The molecule has 0 saturated heterocycles. The number of amides is 1. The average molecular weight is 267 g/mol. The number of rotatable bonds is 4. The number of carbonyl (C=O) groups is 2. The fraction of sp³-hybridized carbons (Fsp3) is 0.733. The highest BCUT2D eigenvalue weighted by Gasteiger charge is 2.31. The minimum atomic E-state index is -0.577. The predicted octanol–water partition coefficient (Wildman–Crippen LogP) is 2.44. The summed E-state index contributed by atoms with van der Waals surface area (Å²) in [7, 11) is 0. The van der Waals surface area contributed by atoms with Gasteiger partial charge in [-0.25, -0.2) is 4.79 Å². The predicted molar refractivity (Wildman–Crippen MR) is 74.5 cm³/mol. The van der Waals surface area contributed by atoms with Crippen LogP contribution in [0.4, 0.5) is 0 Å². The molecule has 0 saturated carbocycles. The van der Waals surface area contributed by atoms with Gasteiger partial charge in [-0.15, -0.1) is 0 Å². The van der Waals surface area contributed by atoms with Crippen LogP contribution in [0.3, 0.4) is 0 Å². The molecular weight excluding hydrogens is 242 g/mol. The molecule has 0 unspecified atom stereocenters. The van der Waals surface area contributed by atoms with E-state index in [1.165, 1.54) is 0 Å². The van der Waals surface area contributed by atoms with Gasteiger partial charge in [0.05, 0.1) is 0 Å². The number of carbonyl (C=O) groups excluding carboxylic acids is 2. The monoisotopic (exact) mass is 267 g/mol. The van der Waals surface area contributed by atoms with Crippen LogP contribution in [0.5, 0.6) is 0 Å². The first-order chi connectivity index (χ1) is 8.70. The third-order valence-corrected chi connectivity index (χ3v) is 3.00. The van der Waals surface area contributed by atoms with Crippen LogP contribution in [-0.4, -0.2) is 23.5 Å². The molecule has 0 bridgehead atoms. The summed E-state index contributed by atoms with van der Waals surface area (Å²) in [6.45, 7) is 9.28. The van der Waals surface area contributed by atoms with E-state index in [-0.39, 0.29) is 23.7 Å². The lowest BCUT2D eigenvalue weighted by Crippen LogP contribution is -2.48. The van der Waals surface area contributed by atoms with E-state index < -0.39 is 11.6 Å². The Bertz CT molecular complexity index is 358. The Morgan fingerprint density at radius 3 is 2.16 bits per heavy atom. The SMILES string of the molecule is CC(C)[C@@H](NC(=O)C1CC=CC1)C(=O)OC(C)(C)C. The topological polar surface area (TPSA) is 55.4 Å². The lowest BCUT2D eigenvalue weighted by molar-refractivity contribution is -0.160. The van der Waals surface area contributed by atoms with E-state index in [2.05, 4.69) is 5.32 Å². The van der Waals surface area contributed by atoms with Gasteiger partial charge in [-0.1, -0.05) is 26.0 Å². The maximum atomic E-state index is 12.1. The highest BCUT2D eigenvalue weighted by Crippen LogP contribution is 2.19. The quantitative estimate of drug-likeness (QED) is 0.628. The maximum absolute atomic E-state index is 12.1. The Balaban J connectivity index is 2.62. The molecule has 1 N–H and O–H groups in total. The van der Waals surface area contributed by atoms with E-state index >= 15 is 0 Å². The molecule has 0 radical (unpaired) electrons. The minimum absolute atomic E-state index is 0.00756. The van der Waals surface area contributed by atoms with E-state index in [9.17, 15) is 9.59 Å². The van der Waals surface area contributed by atoms with Crippen LogP contribution in [0, 0.1) is 11.8 Å². The molecule has 0 aromatic carbocycles. The summed E-state index contributed by atoms with van der Waals surface area (Å²) in [6, 6.07) is -0.577. The first-order valence-electron chi connectivity index (χ1n) is 6.89. The van der Waals surface area contributed by atoms with Gasteiger partial charge >= 0.3 is 5.97 Å². The van der Waals surface area contributed by atoms with Gasteiger partial charge in [0, 0.05) is 5.92 Å². The van der Waals surface area contributed by atoms with Crippen LogP contribution in [-0.2, 0) is 14.3 Å². The van der Waals surface area contributed by atoms with Crippen molar-refractivity contribution in [2.45, 2.75) is 59.1 Å². The number of hydrogen-bond acceptors (Lipinski definition) is 3. The molecule has 0 aromatic rings. The zero-order chi connectivity index (χ0) is 14.6. The molecule has 1 aliphatic rings. The zero-order valence-corrected chi connectivity index (χ0v) is 12.5. The summed E-state index contributed by atoms with van der Waals surface area (Å²) in [4.78, 5) is 24.2. The third-order valence-electron chi connectivity index (χ3n) is 3.00. The van der Waals surface area contributed by atoms with Crippen LogP contribution in [0.15, 0.2) is 12.2 Å². The molecule has 1 rings (SSSR count). The summed E-state index contributed by atoms with van der Waals surface area (Å²) in [5.74, 6) is -0.451. The largest absolute Gasteiger partial charge is 0.458 e. The minimum Gasteiger partial charge on any atom is -0.458 e. The van der Waals surface area contributed by atoms with E-state index in [0.717, 1.165) is 12.8 Å². The van der Waals surface area contributed by atoms with Crippen molar-refractivity contribution < 1.29 is 14.3 Å². The van der Waals surface area contributed by atoms with Crippen molar-refractivity contribution in [3.63, 3.8) is 0 Å². The summed E-state index contributed by atoms with van der Waals surface area (Å²) < 4.78 is 5.36. The second-order valence-corrected chi connectivity index (χ2v) is 6.40. The van der Waals surface area contributed by atoms with Crippen molar-refractivity contribution in [2.75, 3.05) is 0 Å². The number of ether oxygens (including phenoxy) is 1. The highest BCUT2D eigenvalue weighted by atomic mass is 16.6. The molecule has 0 fully saturated rings. The summed E-state index contributed by atoms with van der Waals surface area (Å²) in [5, 5.41) is 2.83. The molecule has 4 nitrogen and oxygen atoms in total. The molecule has 0 aromatic heterocycles. The van der Waals surface area contributed by atoms with Gasteiger partial charge in [-0.2, -0.15) is 0 Å². The van der Waals surface area contributed by atoms with Crippen molar-refractivity contribution in [1.29, 1.82) is 0 Å². The highest BCUT2D eigenvalue weighted by molar-refractivity contribution is 5.86. The fourth-order valence-corrected chi connectivity index (χ4v) is 1.97. The van der Waals surface area contributed by atoms with E-state index in [0.29, 0.717) is 0 Å². The molecule has 108 valence electrons.